The lowest BCUT2D eigenvalue weighted by atomic mass is 10.1. The van der Waals surface area contributed by atoms with Gasteiger partial charge in [0.1, 0.15) is 0 Å². The molecular formula is C17H21N3O. The van der Waals surface area contributed by atoms with Crippen molar-refractivity contribution < 1.29 is 4.79 Å². The second-order valence-corrected chi connectivity index (χ2v) is 5.16. The summed E-state index contributed by atoms with van der Waals surface area (Å²) in [6, 6.07) is 11.3. The van der Waals surface area contributed by atoms with Crippen molar-refractivity contribution in [3.05, 3.63) is 59.4 Å². The molecule has 0 bridgehead atoms. The third kappa shape index (κ3) is 4.05. The molecule has 110 valence electrons. The SMILES string of the molecule is CCCN(Cc1ccc(N)cc1)C(=O)c1ccc(C)nc1. The molecule has 0 aliphatic carbocycles. The predicted molar refractivity (Wildman–Crippen MR) is 84.9 cm³/mol. The van der Waals surface area contributed by atoms with E-state index in [9.17, 15) is 4.79 Å². The van der Waals surface area contributed by atoms with E-state index in [1.165, 1.54) is 0 Å². The lowest BCUT2D eigenvalue weighted by molar-refractivity contribution is 0.0743. The fraction of sp³-hybridized carbons (Fsp3) is 0.294. The molecule has 2 aromatic rings. The Hall–Kier alpha value is -2.36. The molecule has 0 aliphatic heterocycles. The van der Waals surface area contributed by atoms with Crippen molar-refractivity contribution in [1.82, 2.24) is 9.88 Å². The molecule has 0 spiro atoms. The Labute approximate surface area is 125 Å². The average Bonchev–Trinajstić information content (AvgIpc) is 2.49. The quantitative estimate of drug-likeness (QED) is 0.858. The molecule has 21 heavy (non-hydrogen) atoms. The Bertz CT molecular complexity index is 590. The monoisotopic (exact) mass is 283 g/mol. The molecule has 0 aliphatic rings. The fourth-order valence-electron chi connectivity index (χ4n) is 2.14. The number of anilines is 1. The molecule has 1 aromatic carbocycles. The number of amides is 1. The van der Waals surface area contributed by atoms with Gasteiger partial charge >= 0.3 is 0 Å². The molecule has 1 heterocycles. The smallest absolute Gasteiger partial charge is 0.255 e. The zero-order valence-electron chi connectivity index (χ0n) is 12.5. The summed E-state index contributed by atoms with van der Waals surface area (Å²) in [5.74, 6) is 0.0150. The Morgan fingerprint density at radius 2 is 1.90 bits per heavy atom. The number of carbonyl (C=O) groups excluding carboxylic acids is 1. The summed E-state index contributed by atoms with van der Waals surface area (Å²) >= 11 is 0. The maximum atomic E-state index is 12.6. The van der Waals surface area contributed by atoms with Gasteiger partial charge in [0.25, 0.3) is 5.91 Å². The Balaban J connectivity index is 2.15. The summed E-state index contributed by atoms with van der Waals surface area (Å²) in [4.78, 5) is 18.6. The molecule has 0 saturated heterocycles. The number of rotatable bonds is 5. The highest BCUT2D eigenvalue weighted by Gasteiger charge is 2.15. The van der Waals surface area contributed by atoms with Crippen LogP contribution in [0.3, 0.4) is 0 Å². The van der Waals surface area contributed by atoms with E-state index in [4.69, 9.17) is 5.73 Å². The van der Waals surface area contributed by atoms with Gasteiger partial charge in [-0.1, -0.05) is 19.1 Å². The van der Waals surface area contributed by atoms with Gasteiger partial charge in [-0.15, -0.1) is 0 Å². The van der Waals surface area contributed by atoms with Crippen molar-refractivity contribution in [2.45, 2.75) is 26.8 Å². The van der Waals surface area contributed by atoms with Crippen LogP contribution < -0.4 is 5.73 Å². The first-order valence-electron chi connectivity index (χ1n) is 7.16. The molecule has 4 nitrogen and oxygen atoms in total. The third-order valence-corrected chi connectivity index (χ3v) is 3.29. The number of benzene rings is 1. The predicted octanol–water partition coefficient (Wildman–Crippen LogP) is 3.02. The average molecular weight is 283 g/mol. The van der Waals surface area contributed by atoms with Crippen LogP contribution in [-0.4, -0.2) is 22.3 Å². The van der Waals surface area contributed by atoms with Crippen LogP contribution in [0.25, 0.3) is 0 Å². The van der Waals surface area contributed by atoms with Gasteiger partial charge in [-0.3, -0.25) is 9.78 Å². The van der Waals surface area contributed by atoms with Gasteiger partial charge in [0.15, 0.2) is 0 Å². The number of pyridine rings is 1. The van der Waals surface area contributed by atoms with Crippen molar-refractivity contribution in [3.8, 4) is 0 Å². The van der Waals surface area contributed by atoms with Gasteiger partial charge in [-0.2, -0.15) is 0 Å². The first-order valence-corrected chi connectivity index (χ1v) is 7.16. The van der Waals surface area contributed by atoms with Crippen molar-refractivity contribution >= 4 is 11.6 Å². The highest BCUT2D eigenvalue weighted by molar-refractivity contribution is 5.93. The van der Waals surface area contributed by atoms with E-state index in [1.54, 1.807) is 6.20 Å². The van der Waals surface area contributed by atoms with Crippen molar-refractivity contribution in [2.24, 2.45) is 0 Å². The number of nitrogens with zero attached hydrogens (tertiary/aromatic N) is 2. The summed E-state index contributed by atoms with van der Waals surface area (Å²) < 4.78 is 0. The molecule has 2 rings (SSSR count). The van der Waals surface area contributed by atoms with Crippen LogP contribution in [-0.2, 0) is 6.54 Å². The van der Waals surface area contributed by atoms with E-state index in [-0.39, 0.29) is 5.91 Å². The number of carbonyl (C=O) groups is 1. The molecule has 1 aromatic heterocycles. The minimum Gasteiger partial charge on any atom is -0.399 e. The number of hydrogen-bond acceptors (Lipinski definition) is 3. The summed E-state index contributed by atoms with van der Waals surface area (Å²) in [5.41, 5.74) is 9.04. The summed E-state index contributed by atoms with van der Waals surface area (Å²) in [7, 11) is 0. The fourth-order valence-corrected chi connectivity index (χ4v) is 2.14. The normalized spacial score (nSPS) is 10.4. The van der Waals surface area contributed by atoms with Gasteiger partial charge in [0.05, 0.1) is 5.56 Å². The molecule has 4 heteroatoms. The van der Waals surface area contributed by atoms with Gasteiger partial charge in [-0.25, -0.2) is 0 Å². The van der Waals surface area contributed by atoms with Crippen molar-refractivity contribution in [2.75, 3.05) is 12.3 Å². The van der Waals surface area contributed by atoms with Gasteiger partial charge in [-0.05, 0) is 43.2 Å². The molecule has 0 fully saturated rings. The summed E-state index contributed by atoms with van der Waals surface area (Å²) in [5, 5.41) is 0. The van der Waals surface area contributed by atoms with Crippen LogP contribution in [0.2, 0.25) is 0 Å². The highest BCUT2D eigenvalue weighted by Crippen LogP contribution is 2.12. The number of nitrogens with two attached hydrogens (primary N) is 1. The number of aryl methyl sites for hydroxylation is 1. The Morgan fingerprint density at radius 3 is 2.48 bits per heavy atom. The summed E-state index contributed by atoms with van der Waals surface area (Å²) in [6.07, 6.45) is 2.56. The second-order valence-electron chi connectivity index (χ2n) is 5.16. The van der Waals surface area contributed by atoms with E-state index in [1.807, 2.05) is 48.2 Å². The van der Waals surface area contributed by atoms with Crippen LogP contribution in [0.15, 0.2) is 42.6 Å². The second kappa shape index (κ2) is 6.88. The van der Waals surface area contributed by atoms with Crippen LogP contribution in [0, 0.1) is 6.92 Å². The number of hydrogen-bond donors (Lipinski definition) is 1. The van der Waals surface area contributed by atoms with Crippen LogP contribution in [0.4, 0.5) is 5.69 Å². The van der Waals surface area contributed by atoms with Gasteiger partial charge in [0, 0.05) is 30.7 Å². The maximum Gasteiger partial charge on any atom is 0.255 e. The first kappa shape index (κ1) is 15.0. The minimum atomic E-state index is 0.0150. The molecule has 0 radical (unpaired) electrons. The lowest BCUT2D eigenvalue weighted by Gasteiger charge is -2.22. The molecule has 0 saturated carbocycles. The number of nitrogen functional groups attached to an aromatic ring is 1. The largest absolute Gasteiger partial charge is 0.399 e. The van der Waals surface area contributed by atoms with E-state index >= 15 is 0 Å². The zero-order valence-corrected chi connectivity index (χ0v) is 12.5. The van der Waals surface area contributed by atoms with Gasteiger partial charge in [0.2, 0.25) is 0 Å². The zero-order chi connectivity index (χ0) is 15.2. The molecule has 0 unspecified atom stereocenters. The molecule has 0 atom stereocenters. The minimum absolute atomic E-state index is 0.0150. The van der Waals surface area contributed by atoms with E-state index in [0.29, 0.717) is 12.1 Å². The number of aromatic nitrogens is 1. The van der Waals surface area contributed by atoms with E-state index in [2.05, 4.69) is 11.9 Å². The maximum absolute atomic E-state index is 12.6. The topological polar surface area (TPSA) is 59.2 Å². The molecule has 1 amide bonds. The Kier molecular flexibility index (Phi) is 4.93. The molecule has 2 N–H and O–H groups in total. The van der Waals surface area contributed by atoms with Crippen LogP contribution >= 0.6 is 0 Å². The first-order chi connectivity index (χ1) is 10.1. The van der Waals surface area contributed by atoms with Crippen LogP contribution in [0.5, 0.6) is 0 Å². The molecular weight excluding hydrogens is 262 g/mol. The van der Waals surface area contributed by atoms with Crippen molar-refractivity contribution in [1.29, 1.82) is 0 Å². The van der Waals surface area contributed by atoms with Gasteiger partial charge < -0.3 is 10.6 Å². The summed E-state index contributed by atoms with van der Waals surface area (Å²) in [6.45, 7) is 5.28. The third-order valence-electron chi connectivity index (χ3n) is 3.29. The van der Waals surface area contributed by atoms with E-state index in [0.717, 1.165) is 29.9 Å². The van der Waals surface area contributed by atoms with E-state index < -0.39 is 0 Å². The van der Waals surface area contributed by atoms with Crippen molar-refractivity contribution in [3.63, 3.8) is 0 Å². The lowest BCUT2D eigenvalue weighted by Crippen LogP contribution is -2.31. The highest BCUT2D eigenvalue weighted by atomic mass is 16.2. The van der Waals surface area contributed by atoms with Crippen LogP contribution in [0.1, 0.15) is 35.0 Å². The standard InChI is InChI=1S/C17H21N3O/c1-3-10-20(12-14-5-8-16(18)9-6-14)17(21)15-7-4-13(2)19-11-15/h4-9,11H,3,10,12,18H2,1-2H3. The Morgan fingerprint density at radius 1 is 1.19 bits per heavy atom.